The number of methoxy groups -OCH3 is 1. The molecule has 0 fully saturated rings. The topological polar surface area (TPSA) is 84.9 Å². The minimum atomic E-state index is -4.12. The number of aryl methyl sites for hydroxylation is 2. The van der Waals surface area contributed by atoms with Crippen LogP contribution < -0.4 is 19.1 Å². The molecule has 1 amide bonds. The number of amides is 1. The zero-order valence-corrected chi connectivity index (χ0v) is 23.8. The molecule has 4 aromatic carbocycles. The van der Waals surface area contributed by atoms with Crippen LogP contribution in [0.5, 0.6) is 17.2 Å². The summed E-state index contributed by atoms with van der Waals surface area (Å²) in [5.74, 6) is 0.632. The van der Waals surface area contributed by atoms with E-state index in [0.717, 1.165) is 15.4 Å². The third kappa shape index (κ3) is 6.65. The summed E-state index contributed by atoms with van der Waals surface area (Å²) in [7, 11) is -2.60. The monoisotopic (exact) mass is 584 g/mol. The summed E-state index contributed by atoms with van der Waals surface area (Å²) in [4.78, 5) is 13.4. The molecule has 10 heteroatoms. The first-order valence-corrected chi connectivity index (χ1v) is 14.0. The number of anilines is 2. The number of halogens is 2. The lowest BCUT2D eigenvalue weighted by Crippen LogP contribution is -2.38. The lowest BCUT2D eigenvalue weighted by Gasteiger charge is -2.25. The van der Waals surface area contributed by atoms with E-state index in [1.54, 1.807) is 48.5 Å². The number of hydrogen-bond acceptors (Lipinski definition) is 5. The Morgan fingerprint density at radius 1 is 0.821 bits per heavy atom. The fourth-order valence-electron chi connectivity index (χ4n) is 3.76. The minimum absolute atomic E-state index is 0.000814. The molecule has 4 rings (SSSR count). The van der Waals surface area contributed by atoms with Crippen molar-refractivity contribution < 1.29 is 22.7 Å². The number of ether oxygens (including phenoxy) is 2. The highest BCUT2D eigenvalue weighted by molar-refractivity contribution is 7.92. The molecule has 0 spiro atoms. The van der Waals surface area contributed by atoms with Crippen LogP contribution in [0, 0.1) is 13.8 Å². The van der Waals surface area contributed by atoms with Gasteiger partial charge in [0.25, 0.3) is 10.0 Å². The van der Waals surface area contributed by atoms with E-state index in [4.69, 9.17) is 32.7 Å². The molecule has 7 nitrogen and oxygen atoms in total. The largest absolute Gasteiger partial charge is 0.493 e. The van der Waals surface area contributed by atoms with Gasteiger partial charge in [0.2, 0.25) is 5.91 Å². The molecule has 0 radical (unpaired) electrons. The van der Waals surface area contributed by atoms with Gasteiger partial charge in [0.15, 0.2) is 17.2 Å². The molecule has 0 aliphatic carbocycles. The number of carbonyl (C=O) groups is 1. The van der Waals surface area contributed by atoms with Gasteiger partial charge in [0.05, 0.1) is 23.4 Å². The van der Waals surface area contributed by atoms with Crippen LogP contribution in [0.1, 0.15) is 11.1 Å². The highest BCUT2D eigenvalue weighted by Crippen LogP contribution is 2.36. The molecule has 0 bridgehead atoms. The molecule has 0 heterocycles. The zero-order chi connectivity index (χ0) is 28.2. The lowest BCUT2D eigenvalue weighted by molar-refractivity contribution is -0.114. The number of nitrogens with one attached hydrogen (secondary N) is 1. The summed E-state index contributed by atoms with van der Waals surface area (Å²) in [5.41, 5.74) is 2.48. The van der Waals surface area contributed by atoms with Crippen LogP contribution in [0.2, 0.25) is 10.0 Å². The molecule has 202 valence electrons. The van der Waals surface area contributed by atoms with Crippen LogP contribution in [0.25, 0.3) is 0 Å². The molecule has 0 saturated heterocycles. The van der Waals surface area contributed by atoms with Crippen LogP contribution in [0.3, 0.4) is 0 Å². The molecular weight excluding hydrogens is 559 g/mol. The molecule has 0 aromatic heterocycles. The Kier molecular flexibility index (Phi) is 8.70. The average molecular weight is 586 g/mol. The number of benzene rings is 4. The summed E-state index contributed by atoms with van der Waals surface area (Å²) < 4.78 is 39.8. The van der Waals surface area contributed by atoms with Crippen molar-refractivity contribution in [3.63, 3.8) is 0 Å². The van der Waals surface area contributed by atoms with E-state index in [9.17, 15) is 13.2 Å². The van der Waals surface area contributed by atoms with E-state index in [2.05, 4.69) is 5.32 Å². The van der Waals surface area contributed by atoms with Gasteiger partial charge in [-0.3, -0.25) is 9.10 Å². The Morgan fingerprint density at radius 3 is 2.15 bits per heavy atom. The van der Waals surface area contributed by atoms with Crippen molar-refractivity contribution in [2.75, 3.05) is 23.3 Å². The first kappa shape index (κ1) is 28.3. The molecule has 0 atom stereocenters. The van der Waals surface area contributed by atoms with E-state index >= 15 is 0 Å². The fraction of sp³-hybridized carbons (Fsp3) is 0.138. The van der Waals surface area contributed by atoms with E-state index in [1.807, 2.05) is 19.9 Å². The number of hydrogen-bond donors (Lipinski definition) is 1. The van der Waals surface area contributed by atoms with Crippen LogP contribution in [-0.2, 0) is 14.8 Å². The van der Waals surface area contributed by atoms with Crippen molar-refractivity contribution in [2.24, 2.45) is 0 Å². The van der Waals surface area contributed by atoms with Crippen molar-refractivity contribution in [3.05, 3.63) is 106 Å². The Labute approximate surface area is 237 Å². The molecule has 39 heavy (non-hydrogen) atoms. The van der Waals surface area contributed by atoms with Gasteiger partial charge in [0, 0.05) is 10.0 Å². The van der Waals surface area contributed by atoms with E-state index in [0.29, 0.717) is 33.0 Å². The quantitative estimate of drug-likeness (QED) is 0.224. The summed E-state index contributed by atoms with van der Waals surface area (Å²) in [6, 6.07) is 22.8. The molecule has 0 aliphatic rings. The second-order valence-electron chi connectivity index (χ2n) is 8.68. The zero-order valence-electron chi connectivity index (χ0n) is 21.4. The predicted molar refractivity (Wildman–Crippen MR) is 155 cm³/mol. The number of sulfonamides is 1. The first-order chi connectivity index (χ1) is 18.6. The van der Waals surface area contributed by atoms with Crippen molar-refractivity contribution in [1.82, 2.24) is 0 Å². The van der Waals surface area contributed by atoms with Gasteiger partial charge in [-0.2, -0.15) is 0 Å². The number of carbonyl (C=O) groups excluding carboxylic acids is 1. The Balaban J connectivity index is 1.67. The van der Waals surface area contributed by atoms with Gasteiger partial charge in [-0.25, -0.2) is 8.42 Å². The van der Waals surface area contributed by atoms with Crippen molar-refractivity contribution in [3.8, 4) is 17.2 Å². The molecule has 0 saturated carbocycles. The van der Waals surface area contributed by atoms with Crippen molar-refractivity contribution >= 4 is 50.5 Å². The Hall–Kier alpha value is -3.72. The Bertz CT molecular complexity index is 1610. The Morgan fingerprint density at radius 2 is 1.49 bits per heavy atom. The maximum absolute atomic E-state index is 13.7. The van der Waals surface area contributed by atoms with Crippen LogP contribution in [0.15, 0.2) is 89.8 Å². The molecule has 0 aliphatic heterocycles. The highest BCUT2D eigenvalue weighted by atomic mass is 35.5. The third-order valence-corrected chi connectivity index (χ3v) is 8.25. The van der Waals surface area contributed by atoms with Crippen molar-refractivity contribution in [2.45, 2.75) is 18.7 Å². The van der Waals surface area contributed by atoms with Gasteiger partial charge in [0.1, 0.15) is 6.54 Å². The summed E-state index contributed by atoms with van der Waals surface area (Å²) >= 11 is 12.2. The number of para-hydroxylation sites is 2. The van der Waals surface area contributed by atoms with Crippen LogP contribution in [-0.4, -0.2) is 28.0 Å². The molecule has 1 N–H and O–H groups in total. The fourth-order valence-corrected chi connectivity index (χ4v) is 5.47. The molecular formula is C29H26Cl2N2O5S. The van der Waals surface area contributed by atoms with Gasteiger partial charge in [-0.15, -0.1) is 0 Å². The average Bonchev–Trinajstić information content (AvgIpc) is 2.91. The van der Waals surface area contributed by atoms with Gasteiger partial charge in [-0.1, -0.05) is 41.4 Å². The number of nitrogens with zero attached hydrogens (tertiary/aromatic N) is 1. The van der Waals surface area contributed by atoms with E-state index in [1.165, 1.54) is 37.4 Å². The normalized spacial score (nSPS) is 11.1. The summed E-state index contributed by atoms with van der Waals surface area (Å²) in [6.07, 6.45) is 0. The van der Waals surface area contributed by atoms with Crippen molar-refractivity contribution in [1.29, 1.82) is 0 Å². The second kappa shape index (κ2) is 12.0. The van der Waals surface area contributed by atoms with Gasteiger partial charge in [-0.05, 0) is 91.7 Å². The SMILES string of the molecule is COc1ccccc1Oc1ccc(Cl)cc1NC(=O)CN(c1ccc(C)c(C)c1)S(=O)(=O)c1ccc(Cl)cc1. The number of rotatable bonds is 9. The maximum Gasteiger partial charge on any atom is 0.264 e. The predicted octanol–water partition coefficient (Wildman–Crippen LogP) is 7.25. The molecule has 4 aromatic rings. The van der Waals surface area contributed by atoms with Gasteiger partial charge >= 0.3 is 0 Å². The highest BCUT2D eigenvalue weighted by Gasteiger charge is 2.28. The first-order valence-electron chi connectivity index (χ1n) is 11.8. The van der Waals surface area contributed by atoms with Crippen LogP contribution >= 0.6 is 23.2 Å². The third-order valence-electron chi connectivity index (χ3n) is 5.97. The minimum Gasteiger partial charge on any atom is -0.493 e. The van der Waals surface area contributed by atoms with Crippen LogP contribution in [0.4, 0.5) is 11.4 Å². The van der Waals surface area contributed by atoms with Gasteiger partial charge < -0.3 is 14.8 Å². The lowest BCUT2D eigenvalue weighted by atomic mass is 10.1. The van der Waals surface area contributed by atoms with E-state index < -0.39 is 22.5 Å². The summed E-state index contributed by atoms with van der Waals surface area (Å²) in [6.45, 7) is 3.29. The maximum atomic E-state index is 13.7. The second-order valence-corrected chi connectivity index (χ2v) is 11.4. The molecule has 0 unspecified atom stereocenters. The summed E-state index contributed by atoms with van der Waals surface area (Å²) in [5, 5.41) is 3.51. The van der Waals surface area contributed by atoms with E-state index in [-0.39, 0.29) is 10.6 Å². The smallest absolute Gasteiger partial charge is 0.264 e. The standard InChI is InChI=1S/C29H26Cl2N2O5S/c1-19-8-12-23(16-20(19)2)33(39(35,36)24-13-9-21(30)10-14-24)18-29(34)32-25-17-22(31)11-15-26(25)38-28-7-5-4-6-27(28)37-3/h4-17H,18H2,1-3H3,(H,32,34).